The molecule has 0 aliphatic carbocycles. The lowest BCUT2D eigenvalue weighted by atomic mass is 10.2. The van der Waals surface area contributed by atoms with Crippen LogP contribution in [0.2, 0.25) is 0 Å². The first-order chi connectivity index (χ1) is 8.72. The van der Waals surface area contributed by atoms with Crippen molar-refractivity contribution in [2.45, 2.75) is 6.54 Å². The van der Waals surface area contributed by atoms with E-state index in [1.54, 1.807) is 12.1 Å². The van der Waals surface area contributed by atoms with Crippen molar-refractivity contribution in [2.75, 3.05) is 0 Å². The first-order valence-corrected chi connectivity index (χ1v) is 6.66. The molecule has 0 spiro atoms. The quantitative estimate of drug-likeness (QED) is 0.641. The molecule has 0 aliphatic rings. The molecule has 4 heteroatoms. The number of aromatic nitrogens is 2. The van der Waals surface area contributed by atoms with E-state index in [0.29, 0.717) is 6.54 Å². The Morgan fingerprint density at radius 2 is 2.06 bits per heavy atom. The van der Waals surface area contributed by atoms with Crippen molar-refractivity contribution in [2.24, 2.45) is 0 Å². The molecule has 0 N–H and O–H groups in total. The van der Waals surface area contributed by atoms with E-state index < -0.39 is 0 Å². The Morgan fingerprint density at radius 1 is 1.17 bits per heavy atom. The smallest absolute Gasteiger partial charge is 0.123 e. The van der Waals surface area contributed by atoms with Gasteiger partial charge >= 0.3 is 0 Å². The summed E-state index contributed by atoms with van der Waals surface area (Å²) in [6.45, 7) is 0.585. The highest BCUT2D eigenvalue weighted by Crippen LogP contribution is 2.18. The van der Waals surface area contributed by atoms with Crippen LogP contribution < -0.4 is 0 Å². The van der Waals surface area contributed by atoms with Crippen LogP contribution in [0.3, 0.4) is 0 Å². The fourth-order valence-corrected chi connectivity index (χ4v) is 2.45. The largest absolute Gasteiger partial charge is 0.260 e. The molecule has 1 heterocycles. The summed E-state index contributed by atoms with van der Waals surface area (Å²) in [7, 11) is 0. The van der Waals surface area contributed by atoms with Crippen LogP contribution in [0.25, 0.3) is 10.9 Å². The topological polar surface area (TPSA) is 17.8 Å². The van der Waals surface area contributed by atoms with Gasteiger partial charge in [0.25, 0.3) is 0 Å². The molecule has 0 radical (unpaired) electrons. The highest BCUT2D eigenvalue weighted by Gasteiger charge is 2.04. The molecule has 2 nitrogen and oxygen atoms in total. The highest BCUT2D eigenvalue weighted by molar-refractivity contribution is 14.1. The number of hydrogen-bond acceptors (Lipinski definition) is 1. The van der Waals surface area contributed by atoms with Crippen LogP contribution in [-0.4, -0.2) is 9.78 Å². The summed E-state index contributed by atoms with van der Waals surface area (Å²) in [5.74, 6) is -0.210. The number of halogens is 2. The van der Waals surface area contributed by atoms with Crippen LogP contribution in [-0.2, 0) is 6.54 Å². The molecule has 18 heavy (non-hydrogen) atoms. The average Bonchev–Trinajstić information content (AvgIpc) is 2.72. The second-order valence-electron chi connectivity index (χ2n) is 4.14. The second kappa shape index (κ2) is 4.68. The summed E-state index contributed by atoms with van der Waals surface area (Å²) in [5, 5.41) is 5.46. The van der Waals surface area contributed by atoms with Gasteiger partial charge in [0, 0.05) is 8.96 Å². The Morgan fingerprint density at radius 3 is 2.89 bits per heavy atom. The predicted octanol–water partition coefficient (Wildman–Crippen LogP) is 3.83. The molecule has 3 aromatic rings. The minimum atomic E-state index is -0.210. The van der Waals surface area contributed by atoms with Gasteiger partial charge in [0.1, 0.15) is 5.82 Å². The third-order valence-corrected chi connectivity index (χ3v) is 3.50. The molecule has 0 fully saturated rings. The van der Waals surface area contributed by atoms with Gasteiger partial charge in [-0.05, 0) is 52.4 Å². The number of rotatable bonds is 2. The van der Waals surface area contributed by atoms with Crippen LogP contribution in [0.15, 0.2) is 48.7 Å². The lowest BCUT2D eigenvalue weighted by Crippen LogP contribution is -2.01. The molecule has 0 aliphatic heterocycles. The second-order valence-corrected chi connectivity index (χ2v) is 5.38. The Labute approximate surface area is 118 Å². The zero-order valence-corrected chi connectivity index (χ0v) is 11.6. The van der Waals surface area contributed by atoms with Crippen molar-refractivity contribution < 1.29 is 4.39 Å². The molecular formula is C14H10FIN2. The maximum absolute atomic E-state index is 13.1. The molecular weight excluding hydrogens is 342 g/mol. The summed E-state index contributed by atoms with van der Waals surface area (Å²) in [6.07, 6.45) is 1.84. The number of hydrogen-bond donors (Lipinski definition) is 0. The van der Waals surface area contributed by atoms with Crippen LogP contribution in [0.1, 0.15) is 5.56 Å². The summed E-state index contributed by atoms with van der Waals surface area (Å²) in [4.78, 5) is 0. The van der Waals surface area contributed by atoms with Crippen molar-refractivity contribution in [1.82, 2.24) is 9.78 Å². The Balaban J connectivity index is 2.02. The SMILES string of the molecule is Fc1cccc(Cn2ncc3ccc(I)cc32)c1. The molecule has 0 bridgehead atoms. The molecule has 0 saturated heterocycles. The van der Waals surface area contributed by atoms with Crippen molar-refractivity contribution in [3.8, 4) is 0 Å². The van der Waals surface area contributed by atoms with E-state index in [-0.39, 0.29) is 5.82 Å². The molecule has 1 aromatic heterocycles. The molecule has 0 saturated carbocycles. The monoisotopic (exact) mass is 352 g/mol. The van der Waals surface area contributed by atoms with Crippen LogP contribution >= 0.6 is 22.6 Å². The summed E-state index contributed by atoms with van der Waals surface area (Å²) in [5.41, 5.74) is 1.99. The van der Waals surface area contributed by atoms with Gasteiger partial charge < -0.3 is 0 Å². The lowest BCUT2D eigenvalue weighted by Gasteiger charge is -2.04. The van der Waals surface area contributed by atoms with Gasteiger partial charge in [0.2, 0.25) is 0 Å². The van der Waals surface area contributed by atoms with Crippen molar-refractivity contribution in [3.05, 3.63) is 63.6 Å². The number of nitrogens with zero attached hydrogens (tertiary/aromatic N) is 2. The standard InChI is InChI=1S/C14H10FIN2/c15-12-3-1-2-10(6-12)9-18-14-7-13(16)5-4-11(14)8-17-18/h1-8H,9H2. The third-order valence-electron chi connectivity index (χ3n) is 2.83. The minimum Gasteiger partial charge on any atom is -0.260 e. The van der Waals surface area contributed by atoms with Crippen LogP contribution in [0.4, 0.5) is 4.39 Å². The third kappa shape index (κ3) is 2.25. The number of benzene rings is 2. The Bertz CT molecular complexity index is 706. The maximum atomic E-state index is 13.1. The molecule has 0 amide bonds. The van der Waals surface area contributed by atoms with E-state index in [2.05, 4.69) is 39.8 Å². The Kier molecular flexibility index (Phi) is 3.03. The average molecular weight is 352 g/mol. The highest BCUT2D eigenvalue weighted by atomic mass is 127. The summed E-state index contributed by atoms with van der Waals surface area (Å²) >= 11 is 2.28. The van der Waals surface area contributed by atoms with Crippen LogP contribution in [0.5, 0.6) is 0 Å². The summed E-state index contributed by atoms with van der Waals surface area (Å²) < 4.78 is 16.2. The van der Waals surface area contributed by atoms with E-state index in [4.69, 9.17) is 0 Å². The first kappa shape index (κ1) is 11.6. The molecule has 2 aromatic carbocycles. The van der Waals surface area contributed by atoms with E-state index >= 15 is 0 Å². The minimum absolute atomic E-state index is 0.210. The van der Waals surface area contributed by atoms with Gasteiger partial charge in [0.15, 0.2) is 0 Å². The number of fused-ring (bicyclic) bond motifs is 1. The fourth-order valence-electron chi connectivity index (χ4n) is 1.98. The Hall–Kier alpha value is -1.43. The van der Waals surface area contributed by atoms with Gasteiger partial charge in [-0.1, -0.05) is 18.2 Å². The zero-order valence-electron chi connectivity index (χ0n) is 9.48. The van der Waals surface area contributed by atoms with Gasteiger partial charge in [-0.2, -0.15) is 5.10 Å². The van der Waals surface area contributed by atoms with E-state index in [1.807, 2.05) is 23.0 Å². The van der Waals surface area contributed by atoms with Gasteiger partial charge in [-0.15, -0.1) is 0 Å². The van der Waals surface area contributed by atoms with E-state index in [0.717, 1.165) is 16.5 Å². The zero-order chi connectivity index (χ0) is 12.5. The molecule has 0 atom stereocenters. The van der Waals surface area contributed by atoms with Gasteiger partial charge in [-0.25, -0.2) is 4.39 Å². The van der Waals surface area contributed by atoms with Crippen molar-refractivity contribution >= 4 is 33.5 Å². The first-order valence-electron chi connectivity index (χ1n) is 5.58. The van der Waals surface area contributed by atoms with E-state index in [9.17, 15) is 4.39 Å². The summed E-state index contributed by atoms with van der Waals surface area (Å²) in [6, 6.07) is 12.8. The normalized spacial score (nSPS) is 11.0. The van der Waals surface area contributed by atoms with Crippen molar-refractivity contribution in [1.29, 1.82) is 0 Å². The van der Waals surface area contributed by atoms with Gasteiger partial charge in [-0.3, -0.25) is 4.68 Å². The maximum Gasteiger partial charge on any atom is 0.123 e. The molecule has 90 valence electrons. The molecule has 3 rings (SSSR count). The van der Waals surface area contributed by atoms with E-state index in [1.165, 1.54) is 9.64 Å². The molecule has 0 unspecified atom stereocenters. The predicted molar refractivity (Wildman–Crippen MR) is 78.0 cm³/mol. The van der Waals surface area contributed by atoms with Crippen molar-refractivity contribution in [3.63, 3.8) is 0 Å². The fraction of sp³-hybridized carbons (Fsp3) is 0.0714. The van der Waals surface area contributed by atoms with Crippen LogP contribution in [0, 0.1) is 9.39 Å². The van der Waals surface area contributed by atoms with Gasteiger partial charge in [0.05, 0.1) is 18.3 Å². The lowest BCUT2D eigenvalue weighted by molar-refractivity contribution is 0.621.